The molecule has 1 spiro atoms. The first-order valence-electron chi connectivity index (χ1n) is 17.5. The molecule has 8 aromatic rings. The molecule has 0 bridgehead atoms. The summed E-state index contributed by atoms with van der Waals surface area (Å²) in [5.74, 6) is 1.75. The zero-order valence-corrected chi connectivity index (χ0v) is 27.9. The van der Waals surface area contributed by atoms with Gasteiger partial charge in [0.2, 0.25) is 0 Å². The van der Waals surface area contributed by atoms with E-state index in [2.05, 4.69) is 205 Å². The molecule has 0 radical (unpaired) electrons. The summed E-state index contributed by atoms with van der Waals surface area (Å²) < 4.78 is 6.88. The van der Waals surface area contributed by atoms with Crippen molar-refractivity contribution in [3.8, 4) is 44.9 Å². The summed E-state index contributed by atoms with van der Waals surface area (Å²) in [7, 11) is 0. The maximum Gasteiger partial charge on any atom is 0.134 e. The van der Waals surface area contributed by atoms with E-state index in [9.17, 15) is 0 Å². The number of rotatable bonds is 5. The van der Waals surface area contributed by atoms with E-state index in [1.54, 1.807) is 0 Å². The summed E-state index contributed by atoms with van der Waals surface area (Å²) >= 11 is 0. The standard InChI is InChI=1S/C49H33NO/c1-3-13-34(14-4-1)36-23-27-38(28-24-36)50(39-29-25-37(26-30-39)35-15-5-2-6-16-35)40-31-32-46-48(33-40)51-47-22-12-11-21-45(47)49(46)43-19-9-7-17-41(43)42-18-8-10-20-44(42)49/h1-33H. The predicted molar refractivity (Wildman–Crippen MR) is 209 cm³/mol. The molecule has 240 valence electrons. The number of hydrogen-bond donors (Lipinski definition) is 0. The van der Waals surface area contributed by atoms with Gasteiger partial charge in [-0.05, 0) is 80.9 Å². The summed E-state index contributed by atoms with van der Waals surface area (Å²) in [6.45, 7) is 0. The number of nitrogens with zero attached hydrogens (tertiary/aromatic N) is 1. The molecule has 51 heavy (non-hydrogen) atoms. The van der Waals surface area contributed by atoms with Gasteiger partial charge in [-0.25, -0.2) is 0 Å². The van der Waals surface area contributed by atoms with Crippen molar-refractivity contribution in [1.29, 1.82) is 0 Å². The molecule has 0 N–H and O–H groups in total. The minimum atomic E-state index is -0.491. The van der Waals surface area contributed by atoms with Crippen molar-refractivity contribution in [1.82, 2.24) is 0 Å². The lowest BCUT2D eigenvalue weighted by atomic mass is 9.66. The summed E-state index contributed by atoms with van der Waals surface area (Å²) in [5.41, 5.74) is 14.9. The maximum absolute atomic E-state index is 6.88. The molecule has 0 fully saturated rings. The molecule has 0 amide bonds. The maximum atomic E-state index is 6.88. The number of benzene rings is 8. The molecule has 1 aliphatic carbocycles. The first kappa shape index (κ1) is 29.3. The molecule has 2 nitrogen and oxygen atoms in total. The van der Waals surface area contributed by atoms with Crippen LogP contribution in [0.15, 0.2) is 200 Å². The Balaban J connectivity index is 1.15. The first-order chi connectivity index (χ1) is 25.3. The third-order valence-corrected chi connectivity index (χ3v) is 10.6. The lowest BCUT2D eigenvalue weighted by Crippen LogP contribution is -2.32. The van der Waals surface area contributed by atoms with Crippen LogP contribution >= 0.6 is 0 Å². The van der Waals surface area contributed by atoms with Gasteiger partial charge in [0.15, 0.2) is 0 Å². The van der Waals surface area contributed by atoms with Crippen molar-refractivity contribution >= 4 is 17.1 Å². The Hall–Kier alpha value is -6.64. The van der Waals surface area contributed by atoms with E-state index in [0.717, 1.165) is 34.1 Å². The highest BCUT2D eigenvalue weighted by molar-refractivity contribution is 5.89. The Kier molecular flexibility index (Phi) is 6.75. The van der Waals surface area contributed by atoms with Gasteiger partial charge in [0.1, 0.15) is 11.5 Å². The quantitative estimate of drug-likeness (QED) is 0.184. The Morgan fingerprint density at radius 3 is 1.27 bits per heavy atom. The van der Waals surface area contributed by atoms with Gasteiger partial charge >= 0.3 is 0 Å². The van der Waals surface area contributed by atoms with Gasteiger partial charge in [-0.1, -0.05) is 158 Å². The molecule has 0 saturated heterocycles. The van der Waals surface area contributed by atoms with Gasteiger partial charge in [-0.15, -0.1) is 0 Å². The first-order valence-corrected chi connectivity index (χ1v) is 17.5. The number of fused-ring (bicyclic) bond motifs is 9. The Labute approximate surface area is 298 Å². The normalized spacial score (nSPS) is 13.0. The molecule has 0 saturated carbocycles. The van der Waals surface area contributed by atoms with Crippen LogP contribution in [0.1, 0.15) is 22.3 Å². The van der Waals surface area contributed by atoms with Crippen LogP contribution < -0.4 is 9.64 Å². The van der Waals surface area contributed by atoms with E-state index in [-0.39, 0.29) is 0 Å². The summed E-state index contributed by atoms with van der Waals surface area (Å²) in [5, 5.41) is 0. The van der Waals surface area contributed by atoms with Crippen LogP contribution in [0.25, 0.3) is 33.4 Å². The van der Waals surface area contributed by atoms with E-state index in [0.29, 0.717) is 0 Å². The third-order valence-electron chi connectivity index (χ3n) is 10.6. The highest BCUT2D eigenvalue weighted by Crippen LogP contribution is 2.62. The fourth-order valence-electron chi connectivity index (χ4n) is 8.30. The average molecular weight is 652 g/mol. The lowest BCUT2D eigenvalue weighted by molar-refractivity contribution is 0.436. The molecule has 10 rings (SSSR count). The predicted octanol–water partition coefficient (Wildman–Crippen LogP) is 13.0. The van der Waals surface area contributed by atoms with Gasteiger partial charge in [0, 0.05) is 34.3 Å². The molecule has 0 aromatic heterocycles. The SMILES string of the molecule is c1ccc(-c2ccc(N(c3ccc(-c4ccccc4)cc3)c3ccc4c(c3)Oc3ccccc3C43c4ccccc4-c4ccccc43)cc2)cc1. The minimum Gasteiger partial charge on any atom is -0.457 e. The van der Waals surface area contributed by atoms with Crippen molar-refractivity contribution in [2.75, 3.05) is 4.90 Å². The van der Waals surface area contributed by atoms with Gasteiger partial charge in [0.05, 0.1) is 5.41 Å². The average Bonchev–Trinajstić information content (AvgIpc) is 3.50. The van der Waals surface area contributed by atoms with E-state index < -0.39 is 5.41 Å². The van der Waals surface area contributed by atoms with Gasteiger partial charge < -0.3 is 9.64 Å². The number of ether oxygens (including phenoxy) is 1. The van der Waals surface area contributed by atoms with Crippen LogP contribution in [0.5, 0.6) is 11.5 Å². The zero-order valence-electron chi connectivity index (χ0n) is 27.9. The Morgan fingerprint density at radius 1 is 0.314 bits per heavy atom. The largest absolute Gasteiger partial charge is 0.457 e. The van der Waals surface area contributed by atoms with Crippen LogP contribution in [0.2, 0.25) is 0 Å². The highest BCUT2D eigenvalue weighted by Gasteiger charge is 2.51. The second-order valence-corrected chi connectivity index (χ2v) is 13.3. The van der Waals surface area contributed by atoms with Crippen molar-refractivity contribution in [2.24, 2.45) is 0 Å². The van der Waals surface area contributed by atoms with Gasteiger partial charge in [-0.2, -0.15) is 0 Å². The van der Waals surface area contributed by atoms with Crippen molar-refractivity contribution in [3.05, 3.63) is 222 Å². The van der Waals surface area contributed by atoms with Crippen LogP contribution in [-0.2, 0) is 5.41 Å². The fraction of sp³-hybridized carbons (Fsp3) is 0.0204. The zero-order chi connectivity index (χ0) is 33.8. The number of hydrogen-bond acceptors (Lipinski definition) is 2. The smallest absolute Gasteiger partial charge is 0.134 e. The molecule has 2 heteroatoms. The molecular weight excluding hydrogens is 619 g/mol. The van der Waals surface area contributed by atoms with Crippen molar-refractivity contribution < 1.29 is 4.74 Å². The molecular formula is C49H33NO. The molecule has 0 atom stereocenters. The van der Waals surface area contributed by atoms with E-state index in [1.807, 2.05) is 0 Å². The van der Waals surface area contributed by atoms with Crippen LogP contribution in [0, 0.1) is 0 Å². The molecule has 8 aromatic carbocycles. The summed E-state index contributed by atoms with van der Waals surface area (Å²) in [6, 6.07) is 71.9. The molecule has 1 heterocycles. The minimum absolute atomic E-state index is 0.491. The summed E-state index contributed by atoms with van der Waals surface area (Å²) in [6.07, 6.45) is 0. The van der Waals surface area contributed by atoms with E-state index in [4.69, 9.17) is 4.74 Å². The van der Waals surface area contributed by atoms with Crippen molar-refractivity contribution in [2.45, 2.75) is 5.41 Å². The Morgan fingerprint density at radius 2 is 0.725 bits per heavy atom. The molecule has 2 aliphatic rings. The van der Waals surface area contributed by atoms with Gasteiger partial charge in [-0.3, -0.25) is 0 Å². The second-order valence-electron chi connectivity index (χ2n) is 13.3. The molecule has 1 aliphatic heterocycles. The molecule has 0 unspecified atom stereocenters. The van der Waals surface area contributed by atoms with Crippen LogP contribution in [-0.4, -0.2) is 0 Å². The number of anilines is 3. The van der Waals surface area contributed by atoms with Crippen molar-refractivity contribution in [3.63, 3.8) is 0 Å². The van der Waals surface area contributed by atoms with E-state index in [1.165, 1.54) is 50.1 Å². The van der Waals surface area contributed by atoms with Crippen LogP contribution in [0.3, 0.4) is 0 Å². The topological polar surface area (TPSA) is 12.5 Å². The lowest BCUT2D eigenvalue weighted by Gasteiger charge is -2.40. The third kappa shape index (κ3) is 4.57. The second kappa shape index (κ2) is 11.8. The number of para-hydroxylation sites is 1. The van der Waals surface area contributed by atoms with Crippen LogP contribution in [0.4, 0.5) is 17.1 Å². The van der Waals surface area contributed by atoms with E-state index >= 15 is 0 Å². The Bertz CT molecular complexity index is 2410. The summed E-state index contributed by atoms with van der Waals surface area (Å²) in [4.78, 5) is 2.33. The fourth-order valence-corrected chi connectivity index (χ4v) is 8.30. The van der Waals surface area contributed by atoms with Gasteiger partial charge in [0.25, 0.3) is 0 Å². The highest BCUT2D eigenvalue weighted by atomic mass is 16.5. The monoisotopic (exact) mass is 651 g/mol.